The van der Waals surface area contributed by atoms with Crippen LogP contribution in [-0.4, -0.2) is 202 Å². The first kappa shape index (κ1) is 111. The SMILES string of the molecule is Oc1c(C=NC2CCCCC2N=Cc2cc(C(F)(F)C(F)(F)C(F)(F)C(F)(F)C(F)(F)C(F)(F)C(F)(F)C(F)(F)F)cc(C(F)(F)C(F)(F)C(F)(F)C(F)(F)C(F)(F)C(F)(F)C(F)(F)C(F)(F)F)c2O)cc(C(F)(F)C(F)(F)C(F)(F)C(F)(F)C(F)(F)C(F)(F)C(F)(F)C(F)(F)F)cc1C(F)(F)C(F)(F)C(F)(F)C(F)(F)C(F)(F)C(F)(F)C(F)(F)C(F)(F)F. The molecule has 724 valence electrons. The maximum absolute atomic E-state index is 16.0. The normalized spacial score (nSPS) is 18.5. The third-order valence-electron chi connectivity index (χ3n) is 17.1. The van der Waals surface area contributed by atoms with Crippen molar-refractivity contribution in [3.05, 3.63) is 57.6 Å². The number of nitrogens with zero attached hydrogens (tertiary/aromatic N) is 2. The van der Waals surface area contributed by atoms with E-state index < -0.39 is 310 Å². The Morgan fingerprint density at radius 3 is 0.484 bits per heavy atom. The Balaban J connectivity index is 2.82. The van der Waals surface area contributed by atoms with Gasteiger partial charge in [0.15, 0.2) is 0 Å². The van der Waals surface area contributed by atoms with Gasteiger partial charge in [0, 0.05) is 34.7 Å². The van der Waals surface area contributed by atoms with E-state index >= 15 is 105 Å². The van der Waals surface area contributed by atoms with Crippen molar-refractivity contribution in [2.45, 2.75) is 228 Å². The summed E-state index contributed by atoms with van der Waals surface area (Å²) in [5, 5.41) is 21.0. The van der Waals surface area contributed by atoms with Crippen LogP contribution in [0, 0.1) is 0 Å². The van der Waals surface area contributed by atoms with Crippen LogP contribution in [0.5, 0.6) is 11.5 Å². The Labute approximate surface area is 629 Å². The molecule has 2 unspecified atom stereocenters. The Morgan fingerprint density at radius 2 is 0.331 bits per heavy atom. The maximum atomic E-state index is 16.0. The van der Waals surface area contributed by atoms with E-state index in [4.69, 9.17) is 0 Å². The second-order valence-electron chi connectivity index (χ2n) is 25.0. The van der Waals surface area contributed by atoms with E-state index in [1.807, 2.05) is 0 Å². The molecule has 0 aliphatic heterocycles. The molecule has 0 aromatic heterocycles. The van der Waals surface area contributed by atoms with Crippen LogP contribution in [0.15, 0.2) is 34.3 Å². The lowest BCUT2D eigenvalue weighted by Crippen LogP contribution is -2.74. The number of phenols is 2. The molecule has 2 aromatic rings. The first-order chi connectivity index (χ1) is 53.2. The molecule has 1 saturated carbocycles. The largest absolute Gasteiger partial charge is 0.507 e. The lowest BCUT2D eigenvalue weighted by Gasteiger charge is -2.43. The molecule has 0 heterocycles. The molecule has 0 saturated heterocycles. The molecule has 1 aliphatic carbocycles. The van der Waals surface area contributed by atoms with Crippen molar-refractivity contribution in [2.75, 3.05) is 0 Å². The molecule has 1 fully saturated rings. The Bertz CT molecular complexity index is 4000. The van der Waals surface area contributed by atoms with Gasteiger partial charge in [0.1, 0.15) is 11.5 Å². The highest BCUT2D eigenvalue weighted by molar-refractivity contribution is 5.86. The molecule has 0 spiro atoms. The third kappa shape index (κ3) is 14.3. The van der Waals surface area contributed by atoms with E-state index in [1.54, 1.807) is 0 Å². The van der Waals surface area contributed by atoms with Crippen molar-refractivity contribution >= 4 is 12.4 Å². The highest BCUT2D eigenvalue weighted by atomic mass is 19.5. The quantitative estimate of drug-likeness (QED) is 0.0566. The van der Waals surface area contributed by atoms with Crippen LogP contribution in [0.4, 0.5) is 299 Å². The van der Waals surface area contributed by atoms with Crippen LogP contribution < -0.4 is 0 Å². The van der Waals surface area contributed by atoms with Crippen LogP contribution in [0.2, 0.25) is 0 Å². The molecule has 2 atom stereocenters. The molecule has 0 bridgehead atoms. The average Bonchev–Trinajstić information content (AvgIpc) is 0.697. The first-order valence-electron chi connectivity index (χ1n) is 28.9. The zero-order chi connectivity index (χ0) is 100. The highest BCUT2D eigenvalue weighted by Gasteiger charge is 3.01. The van der Waals surface area contributed by atoms with Gasteiger partial charge in [-0.2, -0.15) is 299 Å². The molecule has 1 aliphatic rings. The van der Waals surface area contributed by atoms with Gasteiger partial charge in [-0.05, 0) is 37.1 Å². The number of rotatable bonds is 32. The molecule has 0 amide bonds. The number of halogens is 68. The molecule has 2 N–H and O–H groups in total. The van der Waals surface area contributed by atoms with Crippen LogP contribution in [0.3, 0.4) is 0 Å². The number of alkyl halides is 68. The van der Waals surface area contributed by atoms with Crippen molar-refractivity contribution in [2.24, 2.45) is 9.98 Å². The van der Waals surface area contributed by atoms with Gasteiger partial charge in [0.2, 0.25) is 0 Å². The first-order valence-corrected chi connectivity index (χ1v) is 28.9. The van der Waals surface area contributed by atoms with Crippen molar-refractivity contribution in [3.8, 4) is 11.5 Å². The maximum Gasteiger partial charge on any atom is 0.460 e. The molecular weight excluding hydrogens is 1980 g/mol. The molecule has 2 aromatic carbocycles. The van der Waals surface area contributed by atoms with Crippen molar-refractivity contribution in [1.29, 1.82) is 0 Å². The van der Waals surface area contributed by atoms with E-state index in [0.29, 0.717) is 0 Å². The van der Waals surface area contributed by atoms with Gasteiger partial charge >= 0.3 is 191 Å². The molecule has 72 heteroatoms. The van der Waals surface area contributed by atoms with Gasteiger partial charge in [0.25, 0.3) is 0 Å². The predicted octanol–water partition coefficient (Wildman–Crippen LogP) is 25.8. The monoisotopic (exact) mass is 1990 g/mol. The van der Waals surface area contributed by atoms with Crippen molar-refractivity contribution < 1.29 is 309 Å². The second-order valence-corrected chi connectivity index (χ2v) is 25.0. The molecular formula is C52H18F68N2O2. The van der Waals surface area contributed by atoms with E-state index in [1.165, 1.54) is 0 Å². The number of hydrogen-bond acceptors (Lipinski definition) is 4. The van der Waals surface area contributed by atoms with Gasteiger partial charge in [-0.1, -0.05) is 12.8 Å². The fourth-order valence-electron chi connectivity index (χ4n) is 9.50. The standard InChI is InChI=1S/C52H18F68N2O2/c53-21(54,25(61,62)29(69,70)33(77,78)37(85,86)41(93,94)45(101,102)49(109,110)111)13-5-11(19(123)15(7-13)23(57,58)27(65,66)31(73,74)35(81,82)39(89,90)43(97,98)47(105,106)51(115,116)117)9-121-17-3-1-2-4-18(17)122-10-12-6-14(22(55,56)26(63,64)30(71,72)34(79,80)38(87,88)42(95,96)46(103,104)50(112,113)114)8-16(20(12)124)24(59,60)28(67,68)32(75,76)36(83,84)40(91,92)44(99,100)48(107,108)52(118,119)120/h5-10,17-18,123-124H,1-4H2. The van der Waals surface area contributed by atoms with Crippen LogP contribution in [0.1, 0.15) is 59.1 Å². The minimum atomic E-state index is -10.0. The molecule has 3 rings (SSSR count). The lowest BCUT2D eigenvalue weighted by atomic mass is 9.84. The Morgan fingerprint density at radius 1 is 0.194 bits per heavy atom. The zero-order valence-corrected chi connectivity index (χ0v) is 54.9. The van der Waals surface area contributed by atoms with E-state index in [2.05, 4.69) is 9.98 Å². The summed E-state index contributed by atoms with van der Waals surface area (Å²) < 4.78 is 975. The fraction of sp³-hybridized carbons (Fsp3) is 0.731. The summed E-state index contributed by atoms with van der Waals surface area (Å²) in [6.45, 7) is 0. The minimum absolute atomic E-state index is 1.19. The summed E-state index contributed by atoms with van der Waals surface area (Å²) >= 11 is 0. The van der Waals surface area contributed by atoms with Crippen molar-refractivity contribution in [1.82, 2.24) is 0 Å². The second kappa shape index (κ2) is 29.6. The van der Waals surface area contributed by atoms with E-state index in [9.17, 15) is 203 Å². The topological polar surface area (TPSA) is 65.2 Å². The summed E-state index contributed by atoms with van der Waals surface area (Å²) in [6, 6.07) is -16.9. The number of hydrogen-bond donors (Lipinski definition) is 2. The number of aromatic hydroxyl groups is 2. The minimum Gasteiger partial charge on any atom is -0.507 e. The van der Waals surface area contributed by atoms with Crippen LogP contribution >= 0.6 is 0 Å². The Kier molecular flexibility index (Phi) is 26.4. The van der Waals surface area contributed by atoms with Gasteiger partial charge in [-0.3, -0.25) is 9.98 Å². The summed E-state index contributed by atoms with van der Waals surface area (Å²) in [4.78, 5) is 5.08. The van der Waals surface area contributed by atoms with Gasteiger partial charge in [0.05, 0.1) is 23.2 Å². The van der Waals surface area contributed by atoms with Gasteiger partial charge in [-0.15, -0.1) is 0 Å². The summed E-state index contributed by atoms with van der Waals surface area (Å²) in [5.74, 6) is -278. The molecule has 124 heavy (non-hydrogen) atoms. The number of aliphatic imine (C=N–C) groups is 2. The fourth-order valence-corrected chi connectivity index (χ4v) is 9.50. The van der Waals surface area contributed by atoms with Crippen LogP contribution in [-0.2, 0) is 23.7 Å². The number of phenolic OH excluding ortho intramolecular Hbond substituents is 2. The van der Waals surface area contributed by atoms with Gasteiger partial charge < -0.3 is 10.2 Å². The summed E-state index contributed by atoms with van der Waals surface area (Å²) in [6.07, 6.45) is -43.6. The zero-order valence-electron chi connectivity index (χ0n) is 54.9. The molecule has 0 radical (unpaired) electrons. The summed E-state index contributed by atoms with van der Waals surface area (Å²) in [5.41, 5.74) is -27.2. The number of benzene rings is 2. The van der Waals surface area contributed by atoms with Gasteiger partial charge in [-0.25, -0.2) is 0 Å². The van der Waals surface area contributed by atoms with Crippen LogP contribution in [0.25, 0.3) is 0 Å². The predicted molar refractivity (Wildman–Crippen MR) is 256 cm³/mol. The molecule has 4 nitrogen and oxygen atoms in total. The van der Waals surface area contributed by atoms with E-state index in [0.717, 1.165) is 0 Å². The Hall–Kier alpha value is -7.38. The average molecular weight is 1990 g/mol. The smallest absolute Gasteiger partial charge is 0.460 e. The van der Waals surface area contributed by atoms with E-state index in [-0.39, 0.29) is 0 Å². The van der Waals surface area contributed by atoms with Crippen molar-refractivity contribution in [3.63, 3.8) is 0 Å². The summed E-state index contributed by atoms with van der Waals surface area (Å²) in [7, 11) is 0. The highest BCUT2D eigenvalue weighted by Crippen LogP contribution is 2.73. The third-order valence-corrected chi connectivity index (χ3v) is 17.1. The lowest BCUT2D eigenvalue weighted by molar-refractivity contribution is -0.463.